The summed E-state index contributed by atoms with van der Waals surface area (Å²) in [7, 11) is 0. The Hall–Kier alpha value is -3.35. The van der Waals surface area contributed by atoms with Crippen molar-refractivity contribution in [2.24, 2.45) is 0 Å². The molecule has 0 aliphatic heterocycles. The van der Waals surface area contributed by atoms with Gasteiger partial charge in [-0.2, -0.15) is 18.4 Å². The van der Waals surface area contributed by atoms with Gasteiger partial charge in [0.1, 0.15) is 0 Å². The number of nitrogens with one attached hydrogen (secondary N) is 2. The number of halogens is 4. The highest BCUT2D eigenvalue weighted by Crippen LogP contribution is 2.35. The lowest BCUT2D eigenvalue weighted by atomic mass is 10.1. The van der Waals surface area contributed by atoms with Gasteiger partial charge in [0, 0.05) is 11.6 Å². The number of carbonyl (C=O) groups excluding carboxylic acids is 1. The summed E-state index contributed by atoms with van der Waals surface area (Å²) in [6.07, 6.45) is -4.59. The van der Waals surface area contributed by atoms with E-state index >= 15 is 0 Å². The highest BCUT2D eigenvalue weighted by atomic mass is 35.5. The zero-order valence-electron chi connectivity index (χ0n) is 14.5. The Balaban J connectivity index is 1.69. The van der Waals surface area contributed by atoms with Gasteiger partial charge in [-0.1, -0.05) is 47.1 Å². The first-order chi connectivity index (χ1) is 13.8. The van der Waals surface area contributed by atoms with E-state index in [4.69, 9.17) is 16.1 Å². The van der Waals surface area contributed by atoms with Crippen LogP contribution in [-0.2, 0) is 6.18 Å². The molecule has 3 aromatic rings. The molecule has 148 valence electrons. The highest BCUT2D eigenvalue weighted by Gasteiger charge is 2.33. The third kappa shape index (κ3) is 4.74. The number of hydrogen-bond acceptors (Lipinski definition) is 6. The van der Waals surface area contributed by atoms with Crippen molar-refractivity contribution in [2.45, 2.75) is 12.2 Å². The summed E-state index contributed by atoms with van der Waals surface area (Å²) >= 11 is 5.64. The molecule has 0 aliphatic carbocycles. The maximum absolute atomic E-state index is 12.7. The zero-order valence-corrected chi connectivity index (χ0v) is 15.3. The van der Waals surface area contributed by atoms with Crippen LogP contribution >= 0.6 is 11.6 Å². The van der Waals surface area contributed by atoms with Crippen LogP contribution in [0.4, 0.5) is 18.9 Å². The van der Waals surface area contributed by atoms with Gasteiger partial charge in [0.25, 0.3) is 0 Å². The number of carbonyl (C=O) groups is 1. The van der Waals surface area contributed by atoms with Crippen LogP contribution in [0, 0.1) is 11.3 Å². The molecule has 6 nitrogen and oxygen atoms in total. The largest absolute Gasteiger partial charge is 0.417 e. The fourth-order valence-corrected chi connectivity index (χ4v) is 2.70. The van der Waals surface area contributed by atoms with Gasteiger partial charge in [-0.15, -0.1) is 0 Å². The van der Waals surface area contributed by atoms with Crippen LogP contribution in [0.15, 0.2) is 59.1 Å². The maximum Gasteiger partial charge on any atom is 0.417 e. The van der Waals surface area contributed by atoms with E-state index in [1.54, 1.807) is 30.3 Å². The molecule has 3 rings (SSSR count). The van der Waals surface area contributed by atoms with Crippen molar-refractivity contribution in [3.05, 3.63) is 70.9 Å². The average Bonchev–Trinajstić information content (AvgIpc) is 3.18. The van der Waals surface area contributed by atoms with E-state index in [1.807, 2.05) is 6.07 Å². The molecule has 0 saturated carbocycles. The lowest BCUT2D eigenvalue weighted by molar-refractivity contribution is -0.137. The number of nitrogens with zero attached hydrogens (tertiary/aromatic N) is 2. The maximum atomic E-state index is 12.7. The molecule has 0 amide bonds. The molecule has 2 aromatic carbocycles. The van der Waals surface area contributed by atoms with E-state index in [1.165, 1.54) is 6.07 Å². The summed E-state index contributed by atoms with van der Waals surface area (Å²) < 4.78 is 43.4. The monoisotopic (exact) mass is 420 g/mol. The molecule has 2 N–H and O–H groups in total. The second kappa shape index (κ2) is 8.34. The van der Waals surface area contributed by atoms with Gasteiger partial charge >= 0.3 is 6.18 Å². The van der Waals surface area contributed by atoms with Gasteiger partial charge in [0.2, 0.25) is 5.78 Å². The predicted molar refractivity (Wildman–Crippen MR) is 98.9 cm³/mol. The van der Waals surface area contributed by atoms with Gasteiger partial charge in [0.15, 0.2) is 17.5 Å². The molecule has 0 aliphatic rings. The molecule has 1 unspecified atom stereocenters. The number of alkyl halides is 3. The van der Waals surface area contributed by atoms with Crippen LogP contribution in [0.3, 0.4) is 0 Å². The van der Waals surface area contributed by atoms with E-state index < -0.39 is 28.6 Å². The van der Waals surface area contributed by atoms with Crippen LogP contribution in [0.25, 0.3) is 11.3 Å². The van der Waals surface area contributed by atoms with Crippen molar-refractivity contribution >= 4 is 23.1 Å². The summed E-state index contributed by atoms with van der Waals surface area (Å²) in [5, 5.41) is 12.4. The van der Waals surface area contributed by atoms with Crippen molar-refractivity contribution in [3.8, 4) is 17.4 Å². The number of hydrazine groups is 1. The first-order valence-corrected chi connectivity index (χ1v) is 8.51. The third-order valence-electron chi connectivity index (χ3n) is 3.85. The molecular weight excluding hydrogens is 409 g/mol. The Bertz CT molecular complexity index is 1060. The van der Waals surface area contributed by atoms with Crippen LogP contribution < -0.4 is 10.9 Å². The number of nitriles is 1. The van der Waals surface area contributed by atoms with Crippen LogP contribution in [0.5, 0.6) is 0 Å². The zero-order chi connectivity index (χ0) is 21.0. The second-order valence-electron chi connectivity index (χ2n) is 5.83. The molecular formula is C19H12ClF3N4O2. The minimum atomic E-state index is -4.59. The minimum absolute atomic E-state index is 0.0739. The molecule has 0 bridgehead atoms. The van der Waals surface area contributed by atoms with E-state index in [0.717, 1.165) is 18.2 Å². The van der Waals surface area contributed by atoms with Crippen molar-refractivity contribution in [1.29, 1.82) is 5.26 Å². The van der Waals surface area contributed by atoms with Crippen molar-refractivity contribution in [1.82, 2.24) is 10.6 Å². The van der Waals surface area contributed by atoms with Crippen LogP contribution in [-0.4, -0.2) is 17.0 Å². The topological polar surface area (TPSA) is 91.0 Å². The summed E-state index contributed by atoms with van der Waals surface area (Å²) in [4.78, 5) is 12.5. The van der Waals surface area contributed by atoms with Crippen molar-refractivity contribution in [3.63, 3.8) is 0 Å². The fourth-order valence-electron chi connectivity index (χ4n) is 2.41. The minimum Gasteiger partial charge on any atom is -0.356 e. The first-order valence-electron chi connectivity index (χ1n) is 8.14. The van der Waals surface area contributed by atoms with Crippen LogP contribution in [0.2, 0.25) is 5.02 Å². The number of rotatable bonds is 6. The smallest absolute Gasteiger partial charge is 0.356 e. The number of Topliss-reactive ketones (excluding diaryl/α,β-unsaturated/α-hetero) is 1. The number of aromatic nitrogens is 1. The van der Waals surface area contributed by atoms with Gasteiger partial charge in [0.05, 0.1) is 22.3 Å². The van der Waals surface area contributed by atoms with E-state index in [0.29, 0.717) is 11.3 Å². The molecule has 1 atom stereocenters. The predicted octanol–water partition coefficient (Wildman–Crippen LogP) is 4.71. The molecule has 0 fully saturated rings. The Morgan fingerprint density at radius 1 is 1.17 bits per heavy atom. The van der Waals surface area contributed by atoms with E-state index in [2.05, 4.69) is 16.0 Å². The molecule has 1 aromatic heterocycles. The van der Waals surface area contributed by atoms with Gasteiger partial charge in [-0.05, 0) is 18.2 Å². The molecule has 0 saturated heterocycles. The molecule has 29 heavy (non-hydrogen) atoms. The second-order valence-corrected chi connectivity index (χ2v) is 6.24. The number of hydrogen-bond donors (Lipinski definition) is 2. The Kier molecular flexibility index (Phi) is 5.87. The standard InChI is InChI=1S/C19H12ClF3N4O2/c20-14-8-12(6-7-13(14)19(21,22)23)25-26-16(10-24)18(28)15-9-17(29-27-15)11-4-2-1-3-5-11/h1-9,16,25-26H. The molecule has 10 heteroatoms. The quantitative estimate of drug-likeness (QED) is 0.443. The summed E-state index contributed by atoms with van der Waals surface area (Å²) in [5.74, 6) is -0.322. The summed E-state index contributed by atoms with van der Waals surface area (Å²) in [5.41, 5.74) is 4.72. The highest BCUT2D eigenvalue weighted by molar-refractivity contribution is 6.31. The SMILES string of the molecule is N#CC(NNc1ccc(C(F)(F)F)c(Cl)c1)C(=O)c1cc(-c2ccccc2)on1. The lowest BCUT2D eigenvalue weighted by Gasteiger charge is -2.14. The normalized spacial score (nSPS) is 12.2. The summed E-state index contributed by atoms with van der Waals surface area (Å²) in [6, 6.07) is 13.7. The van der Waals surface area contributed by atoms with Gasteiger partial charge < -0.3 is 9.95 Å². The van der Waals surface area contributed by atoms with E-state index in [9.17, 15) is 23.2 Å². The Morgan fingerprint density at radius 2 is 1.90 bits per heavy atom. The molecule has 0 radical (unpaired) electrons. The van der Waals surface area contributed by atoms with Crippen molar-refractivity contribution in [2.75, 3.05) is 5.43 Å². The van der Waals surface area contributed by atoms with Gasteiger partial charge in [-0.25, -0.2) is 5.43 Å². The van der Waals surface area contributed by atoms with Crippen molar-refractivity contribution < 1.29 is 22.5 Å². The number of benzene rings is 2. The number of anilines is 1. The Morgan fingerprint density at radius 3 is 2.52 bits per heavy atom. The van der Waals surface area contributed by atoms with E-state index in [-0.39, 0.29) is 11.4 Å². The first kappa shape index (κ1) is 20.4. The lowest BCUT2D eigenvalue weighted by Crippen LogP contribution is -2.39. The Labute approximate surface area is 167 Å². The molecule has 1 heterocycles. The van der Waals surface area contributed by atoms with Crippen LogP contribution in [0.1, 0.15) is 16.1 Å². The third-order valence-corrected chi connectivity index (χ3v) is 4.16. The fraction of sp³-hybridized carbons (Fsp3) is 0.105. The summed E-state index contributed by atoms with van der Waals surface area (Å²) in [6.45, 7) is 0. The average molecular weight is 421 g/mol. The molecule has 0 spiro atoms. The number of ketones is 1. The van der Waals surface area contributed by atoms with Gasteiger partial charge in [-0.3, -0.25) is 4.79 Å².